The van der Waals surface area contributed by atoms with Gasteiger partial charge in [-0.3, -0.25) is 19.6 Å². The number of aromatic nitrogens is 2. The van der Waals surface area contributed by atoms with Crippen LogP contribution in [0.3, 0.4) is 0 Å². The molecule has 1 atom stereocenters. The molecule has 0 spiro atoms. The molecule has 2 fully saturated rings. The van der Waals surface area contributed by atoms with Gasteiger partial charge in [-0.15, -0.1) is 0 Å². The van der Waals surface area contributed by atoms with E-state index < -0.39 is 12.1 Å². The molecule has 2 aliphatic rings. The lowest BCUT2D eigenvalue weighted by molar-refractivity contribution is 0.0696. The fourth-order valence-electron chi connectivity index (χ4n) is 5.66. The van der Waals surface area contributed by atoms with E-state index in [4.69, 9.17) is 9.84 Å². The molecule has 2 aromatic heterocycles. The van der Waals surface area contributed by atoms with Gasteiger partial charge in [0, 0.05) is 62.8 Å². The number of aromatic carboxylic acids is 1. The van der Waals surface area contributed by atoms with Crippen molar-refractivity contribution in [1.82, 2.24) is 24.7 Å². The van der Waals surface area contributed by atoms with Gasteiger partial charge in [-0.2, -0.15) is 0 Å². The molecular formula is C33H40N6O5. The van der Waals surface area contributed by atoms with Crippen LogP contribution in [0, 0.1) is 5.92 Å². The molecule has 1 unspecified atom stereocenters. The van der Waals surface area contributed by atoms with Crippen LogP contribution in [0.1, 0.15) is 58.2 Å². The van der Waals surface area contributed by atoms with E-state index >= 15 is 0 Å². The Bertz CT molecular complexity index is 1410. The number of pyridine rings is 2. The van der Waals surface area contributed by atoms with E-state index in [1.807, 2.05) is 24.3 Å². The van der Waals surface area contributed by atoms with Crippen molar-refractivity contribution in [1.29, 1.82) is 0 Å². The van der Waals surface area contributed by atoms with Gasteiger partial charge < -0.3 is 20.1 Å². The largest absolute Gasteiger partial charge is 0.478 e. The number of piperidine rings is 1. The van der Waals surface area contributed by atoms with E-state index in [0.29, 0.717) is 24.3 Å². The standard InChI is InChI=1S/C33H40N6O5/c1-24-4-2-15-38(22-24)23-25-6-8-26(9-7-25)31(40)36-29-12-13-30(35-21-29)44-33(43)39-18-16-37(17-19-39)14-3-5-28-11-10-27(20-34-28)32(41)42/h6-13,20-21,24H,2-5,14-19,22-23H2,1H3,(H,36,40)(H,41,42). The minimum Gasteiger partial charge on any atom is -0.478 e. The Labute approximate surface area is 257 Å². The molecule has 1 aromatic carbocycles. The molecule has 11 heteroatoms. The second-order valence-electron chi connectivity index (χ2n) is 11.7. The second-order valence-corrected chi connectivity index (χ2v) is 11.7. The zero-order valence-electron chi connectivity index (χ0n) is 25.2. The number of likely N-dealkylation sites (tertiary alicyclic amines) is 1. The Morgan fingerprint density at radius 3 is 2.34 bits per heavy atom. The first-order valence-corrected chi connectivity index (χ1v) is 15.3. The highest BCUT2D eigenvalue weighted by atomic mass is 16.6. The highest BCUT2D eigenvalue weighted by molar-refractivity contribution is 6.04. The number of aryl methyl sites for hydroxylation is 1. The maximum absolute atomic E-state index is 12.8. The van der Waals surface area contributed by atoms with Crippen LogP contribution in [0.15, 0.2) is 60.9 Å². The van der Waals surface area contributed by atoms with Gasteiger partial charge in [0.25, 0.3) is 5.91 Å². The molecule has 2 amide bonds. The van der Waals surface area contributed by atoms with Gasteiger partial charge in [-0.1, -0.05) is 19.1 Å². The van der Waals surface area contributed by atoms with Crippen LogP contribution in [-0.2, 0) is 13.0 Å². The number of anilines is 1. The summed E-state index contributed by atoms with van der Waals surface area (Å²) in [5.74, 6) is -0.298. The highest BCUT2D eigenvalue weighted by Crippen LogP contribution is 2.19. The van der Waals surface area contributed by atoms with Crippen LogP contribution in [-0.4, -0.2) is 93.6 Å². The lowest BCUT2D eigenvalue weighted by Crippen LogP contribution is -2.49. The number of carbonyl (C=O) groups excluding carboxylic acids is 2. The highest BCUT2D eigenvalue weighted by Gasteiger charge is 2.23. The maximum atomic E-state index is 12.8. The smallest absolute Gasteiger partial charge is 0.416 e. The number of hydrogen-bond donors (Lipinski definition) is 2. The number of nitrogens with zero attached hydrogens (tertiary/aromatic N) is 5. The number of hydrogen-bond acceptors (Lipinski definition) is 8. The van der Waals surface area contributed by atoms with Crippen LogP contribution < -0.4 is 10.1 Å². The predicted molar refractivity (Wildman–Crippen MR) is 166 cm³/mol. The minimum absolute atomic E-state index is 0.174. The summed E-state index contributed by atoms with van der Waals surface area (Å²) in [6.45, 7) is 8.87. The quantitative estimate of drug-likeness (QED) is 0.348. The van der Waals surface area contributed by atoms with Crippen LogP contribution in [0.4, 0.5) is 10.5 Å². The molecular weight excluding hydrogens is 560 g/mol. The molecule has 0 aliphatic carbocycles. The van der Waals surface area contributed by atoms with Crippen LogP contribution in [0.2, 0.25) is 0 Å². The predicted octanol–water partition coefficient (Wildman–Crippen LogP) is 4.41. The number of nitrogens with one attached hydrogen (secondary N) is 1. The summed E-state index contributed by atoms with van der Waals surface area (Å²) < 4.78 is 5.47. The van der Waals surface area contributed by atoms with Crippen LogP contribution in [0.5, 0.6) is 5.88 Å². The molecule has 2 saturated heterocycles. The van der Waals surface area contributed by atoms with Crippen molar-refractivity contribution in [2.24, 2.45) is 5.92 Å². The summed E-state index contributed by atoms with van der Waals surface area (Å²) in [6, 6.07) is 14.3. The number of benzene rings is 1. The monoisotopic (exact) mass is 600 g/mol. The molecule has 4 heterocycles. The summed E-state index contributed by atoms with van der Waals surface area (Å²) in [5.41, 5.74) is 3.33. The second kappa shape index (κ2) is 14.9. The van der Waals surface area contributed by atoms with Crippen LogP contribution in [0.25, 0.3) is 0 Å². The van der Waals surface area contributed by atoms with Crippen molar-refractivity contribution < 1.29 is 24.2 Å². The normalized spacial score (nSPS) is 17.7. The average molecular weight is 601 g/mol. The third-order valence-corrected chi connectivity index (χ3v) is 8.16. The van der Waals surface area contributed by atoms with Gasteiger partial charge in [0.15, 0.2) is 0 Å². The van der Waals surface area contributed by atoms with E-state index in [1.54, 1.807) is 29.2 Å². The maximum Gasteiger partial charge on any atom is 0.416 e. The Morgan fingerprint density at radius 1 is 0.909 bits per heavy atom. The Kier molecular flexibility index (Phi) is 10.5. The fourth-order valence-corrected chi connectivity index (χ4v) is 5.66. The van der Waals surface area contributed by atoms with Gasteiger partial charge >= 0.3 is 12.1 Å². The number of ether oxygens (including phenoxy) is 1. The van der Waals surface area contributed by atoms with E-state index in [2.05, 4.69) is 32.0 Å². The van der Waals surface area contributed by atoms with E-state index in [1.165, 1.54) is 30.8 Å². The molecule has 2 N–H and O–H groups in total. The molecule has 2 aliphatic heterocycles. The number of carboxylic acid groups (broad SMARTS) is 1. The number of carboxylic acids is 1. The van der Waals surface area contributed by atoms with Crippen LogP contribution >= 0.6 is 0 Å². The topological polar surface area (TPSA) is 128 Å². The number of amides is 2. The molecule has 0 saturated carbocycles. The molecule has 0 bridgehead atoms. The average Bonchev–Trinajstić information content (AvgIpc) is 3.03. The molecule has 5 rings (SSSR count). The zero-order chi connectivity index (χ0) is 30.9. The Morgan fingerprint density at radius 2 is 1.68 bits per heavy atom. The molecule has 11 nitrogen and oxygen atoms in total. The summed E-state index contributed by atoms with van der Waals surface area (Å²) >= 11 is 0. The minimum atomic E-state index is -0.980. The molecule has 232 valence electrons. The van der Waals surface area contributed by atoms with Crippen molar-refractivity contribution >= 4 is 23.7 Å². The third-order valence-electron chi connectivity index (χ3n) is 8.16. The lowest BCUT2D eigenvalue weighted by atomic mass is 9.99. The van der Waals surface area contributed by atoms with Crippen molar-refractivity contribution in [2.45, 2.75) is 39.2 Å². The van der Waals surface area contributed by atoms with E-state index in [-0.39, 0.29) is 17.4 Å². The van der Waals surface area contributed by atoms with Gasteiger partial charge in [-0.05, 0) is 80.6 Å². The van der Waals surface area contributed by atoms with Crippen molar-refractivity contribution in [3.63, 3.8) is 0 Å². The summed E-state index contributed by atoms with van der Waals surface area (Å²) in [5, 5.41) is 11.8. The fraction of sp³-hybridized carbons (Fsp3) is 0.424. The van der Waals surface area contributed by atoms with Gasteiger partial charge in [0.1, 0.15) is 0 Å². The molecule has 0 radical (unpaired) electrons. The van der Waals surface area contributed by atoms with Gasteiger partial charge in [0.05, 0.1) is 17.4 Å². The molecule has 3 aromatic rings. The SMILES string of the molecule is CC1CCCN(Cc2ccc(C(=O)Nc3ccc(OC(=O)N4CCN(CCCc5ccc(C(=O)O)cn5)CC4)nc3)cc2)C1. The number of piperazine rings is 1. The van der Waals surface area contributed by atoms with Gasteiger partial charge in [0.2, 0.25) is 5.88 Å². The van der Waals surface area contributed by atoms with Crippen molar-refractivity contribution in [3.05, 3.63) is 83.3 Å². The number of carbonyl (C=O) groups is 3. The Balaban J connectivity index is 1.01. The lowest BCUT2D eigenvalue weighted by Gasteiger charge is -2.33. The number of rotatable bonds is 10. The van der Waals surface area contributed by atoms with Crippen molar-refractivity contribution in [3.8, 4) is 5.88 Å². The zero-order valence-corrected chi connectivity index (χ0v) is 25.2. The summed E-state index contributed by atoms with van der Waals surface area (Å²) in [4.78, 5) is 51.2. The first kappa shape index (κ1) is 31.1. The van der Waals surface area contributed by atoms with E-state index in [9.17, 15) is 14.4 Å². The Hall–Kier alpha value is -4.35. The first-order valence-electron chi connectivity index (χ1n) is 15.3. The first-order chi connectivity index (χ1) is 21.3. The van der Waals surface area contributed by atoms with Gasteiger partial charge in [-0.25, -0.2) is 14.6 Å². The summed E-state index contributed by atoms with van der Waals surface area (Å²) in [6.07, 6.45) is 6.60. The third kappa shape index (κ3) is 8.84. The molecule has 44 heavy (non-hydrogen) atoms. The van der Waals surface area contributed by atoms with E-state index in [0.717, 1.165) is 63.7 Å². The van der Waals surface area contributed by atoms with Crippen molar-refractivity contribution in [2.75, 3.05) is 51.1 Å². The summed E-state index contributed by atoms with van der Waals surface area (Å²) in [7, 11) is 0.